The van der Waals surface area contributed by atoms with Crippen molar-refractivity contribution in [2.24, 2.45) is 28.8 Å². The second-order valence-corrected chi connectivity index (χ2v) is 17.0. The molecule has 61 heavy (non-hydrogen) atoms. The molecule has 4 aromatic rings. The number of rotatable bonds is 21. The SMILES string of the molecule is C=CCOc1ccc2c(c1)[C@H]1[C@H](CCCCO)[C@@H](CCCCO)C=C3C(=NOCc4ccccc4)C[C@H](N(Cc4cccc5ccccc45)C(=O)C4CC4)[C@@](OCC=C)(O2)[C@H]31. The molecule has 0 unspecified atom stereocenters. The second kappa shape index (κ2) is 19.7. The number of aliphatic hydroxyl groups excluding tert-OH is 2. The van der Waals surface area contributed by atoms with Crippen LogP contribution in [0.1, 0.15) is 80.4 Å². The number of carbonyl (C=O) groups is 1. The monoisotopic (exact) mass is 824 g/mol. The van der Waals surface area contributed by atoms with Gasteiger partial charge in [-0.2, -0.15) is 0 Å². The summed E-state index contributed by atoms with van der Waals surface area (Å²) in [6, 6.07) is 30.1. The summed E-state index contributed by atoms with van der Waals surface area (Å²) in [6.07, 6.45) is 12.7. The molecule has 3 aliphatic carbocycles. The van der Waals surface area contributed by atoms with Crippen LogP contribution in [0, 0.1) is 23.7 Å². The minimum atomic E-state index is -1.33. The maximum absolute atomic E-state index is 15.1. The molecule has 1 aliphatic heterocycles. The summed E-state index contributed by atoms with van der Waals surface area (Å²) in [5, 5.41) is 27.2. The fourth-order valence-corrected chi connectivity index (χ4v) is 10.2. The predicted octanol–water partition coefficient (Wildman–Crippen LogP) is 9.68. The second-order valence-electron chi connectivity index (χ2n) is 17.0. The van der Waals surface area contributed by atoms with E-state index in [-0.39, 0.29) is 49.4 Å². The van der Waals surface area contributed by atoms with E-state index in [4.69, 9.17) is 24.2 Å². The molecule has 8 rings (SSSR count). The van der Waals surface area contributed by atoms with Crippen LogP contribution in [0.3, 0.4) is 0 Å². The zero-order valence-electron chi connectivity index (χ0n) is 35.2. The van der Waals surface area contributed by atoms with E-state index in [0.29, 0.717) is 44.8 Å². The van der Waals surface area contributed by atoms with E-state index in [0.717, 1.165) is 83.0 Å². The van der Waals surface area contributed by atoms with Gasteiger partial charge in [0, 0.05) is 43.6 Å². The van der Waals surface area contributed by atoms with Crippen LogP contribution in [0.2, 0.25) is 0 Å². The molecule has 9 heteroatoms. The molecule has 1 heterocycles. The zero-order valence-corrected chi connectivity index (χ0v) is 35.2. The summed E-state index contributed by atoms with van der Waals surface area (Å²) in [5.41, 5.74) is 4.88. The molecule has 2 saturated carbocycles. The molecule has 0 spiro atoms. The van der Waals surface area contributed by atoms with Crippen LogP contribution in [-0.2, 0) is 27.5 Å². The van der Waals surface area contributed by atoms with Gasteiger partial charge in [0.05, 0.1) is 18.2 Å². The fraction of sp³-hybridized carbons (Fsp3) is 0.423. The highest BCUT2D eigenvalue weighted by Gasteiger charge is 2.66. The average molecular weight is 825 g/mol. The summed E-state index contributed by atoms with van der Waals surface area (Å²) in [6.45, 7) is 9.45. The first-order valence-corrected chi connectivity index (χ1v) is 22.2. The third-order valence-electron chi connectivity index (χ3n) is 13.1. The Morgan fingerprint density at radius 2 is 1.64 bits per heavy atom. The Labute approximate surface area is 360 Å². The molecule has 9 nitrogen and oxygen atoms in total. The van der Waals surface area contributed by atoms with Crippen molar-refractivity contribution in [3.8, 4) is 11.5 Å². The van der Waals surface area contributed by atoms with Gasteiger partial charge in [0.25, 0.3) is 0 Å². The molecule has 2 fully saturated rings. The zero-order chi connectivity index (χ0) is 42.2. The maximum atomic E-state index is 15.1. The largest absolute Gasteiger partial charge is 0.490 e. The normalized spacial score (nSPS) is 24.5. The molecule has 0 aromatic heterocycles. The lowest BCUT2D eigenvalue weighted by atomic mass is 9.55. The van der Waals surface area contributed by atoms with Crippen LogP contribution in [-0.4, -0.2) is 65.0 Å². The van der Waals surface area contributed by atoms with Crippen molar-refractivity contribution in [2.75, 3.05) is 26.4 Å². The molecule has 1 amide bonds. The number of ether oxygens (including phenoxy) is 3. The van der Waals surface area contributed by atoms with Gasteiger partial charge in [-0.1, -0.05) is 116 Å². The summed E-state index contributed by atoms with van der Waals surface area (Å²) < 4.78 is 20.9. The lowest BCUT2D eigenvalue weighted by Crippen LogP contribution is -2.70. The number of unbranched alkanes of at least 4 members (excludes halogenated alkanes) is 2. The molecular weight excluding hydrogens is 765 g/mol. The third-order valence-corrected chi connectivity index (χ3v) is 13.1. The Morgan fingerprint density at radius 3 is 2.41 bits per heavy atom. The van der Waals surface area contributed by atoms with Crippen molar-refractivity contribution in [2.45, 2.75) is 88.7 Å². The van der Waals surface area contributed by atoms with Gasteiger partial charge in [-0.3, -0.25) is 4.79 Å². The number of benzene rings is 4. The number of fused-ring (bicyclic) bond motifs is 3. The minimum absolute atomic E-state index is 0.0807. The van der Waals surface area contributed by atoms with Crippen molar-refractivity contribution in [3.05, 3.63) is 145 Å². The van der Waals surface area contributed by atoms with Crippen LogP contribution in [0.4, 0.5) is 0 Å². The molecule has 0 radical (unpaired) electrons. The van der Waals surface area contributed by atoms with E-state index < -0.39 is 17.7 Å². The standard InChI is InChI=1S/C52H60N2O7/c1-3-29-58-41-25-26-47-45(32-41)49-43(22-11-13-28-56)39(18-10-12-27-55)31-44-46(53-60-35-36-15-6-5-7-16-36)33-48(52(61-47,50(44)49)59-30-4-2)54(51(57)38-23-24-38)34-40-20-14-19-37-17-8-9-21-42(37)40/h3-9,14-17,19-21,25-26,31-32,38-39,43,48-50,55-56H,1-2,10-13,18,22-24,27-30,33-35H2/t39-,43+,48-,49+,50+,52+/m0/s1. The molecule has 0 bridgehead atoms. The highest BCUT2D eigenvalue weighted by atomic mass is 16.7. The van der Waals surface area contributed by atoms with Crippen LogP contribution in [0.5, 0.6) is 11.5 Å². The van der Waals surface area contributed by atoms with Crippen LogP contribution < -0.4 is 9.47 Å². The first-order valence-electron chi connectivity index (χ1n) is 22.2. The summed E-state index contributed by atoms with van der Waals surface area (Å²) in [4.78, 5) is 23.4. The molecular formula is C52H60N2O7. The fourth-order valence-electron chi connectivity index (χ4n) is 10.2. The Hall–Kier alpha value is -5.22. The van der Waals surface area contributed by atoms with Crippen LogP contribution in [0.25, 0.3) is 10.8 Å². The Morgan fingerprint density at radius 1 is 0.885 bits per heavy atom. The van der Waals surface area contributed by atoms with Gasteiger partial charge in [0.15, 0.2) is 0 Å². The van der Waals surface area contributed by atoms with Gasteiger partial charge in [-0.25, -0.2) is 0 Å². The summed E-state index contributed by atoms with van der Waals surface area (Å²) >= 11 is 0. The van der Waals surface area contributed by atoms with E-state index >= 15 is 4.79 Å². The van der Waals surface area contributed by atoms with Crippen molar-refractivity contribution in [1.29, 1.82) is 0 Å². The first-order chi connectivity index (χ1) is 30.0. The minimum Gasteiger partial charge on any atom is -0.490 e. The van der Waals surface area contributed by atoms with Gasteiger partial charge in [0.1, 0.15) is 30.8 Å². The number of aliphatic hydroxyl groups is 2. The van der Waals surface area contributed by atoms with E-state index in [9.17, 15) is 10.2 Å². The number of hydrogen-bond donors (Lipinski definition) is 2. The maximum Gasteiger partial charge on any atom is 0.239 e. The molecule has 320 valence electrons. The lowest BCUT2D eigenvalue weighted by Gasteiger charge is -2.60. The number of nitrogens with zero attached hydrogens (tertiary/aromatic N) is 2. The topological polar surface area (TPSA) is 110 Å². The number of carbonyl (C=O) groups excluding carboxylic acids is 1. The Kier molecular flexibility index (Phi) is 13.7. The van der Waals surface area contributed by atoms with Gasteiger partial charge in [-0.15, -0.1) is 6.58 Å². The molecule has 4 aromatic carbocycles. The lowest BCUT2D eigenvalue weighted by molar-refractivity contribution is -0.258. The van der Waals surface area contributed by atoms with Gasteiger partial charge in [-0.05, 0) is 96.0 Å². The highest BCUT2D eigenvalue weighted by molar-refractivity contribution is 6.03. The number of hydrogen-bond acceptors (Lipinski definition) is 8. The Bertz CT molecular complexity index is 2210. The summed E-state index contributed by atoms with van der Waals surface area (Å²) in [7, 11) is 0. The predicted molar refractivity (Wildman–Crippen MR) is 239 cm³/mol. The van der Waals surface area contributed by atoms with Gasteiger partial charge < -0.3 is 34.2 Å². The average Bonchev–Trinajstić information content (AvgIpc) is 4.15. The molecule has 0 saturated heterocycles. The van der Waals surface area contributed by atoms with Crippen molar-refractivity contribution < 1.29 is 34.1 Å². The number of oxime groups is 1. The van der Waals surface area contributed by atoms with Crippen molar-refractivity contribution >= 4 is 22.4 Å². The smallest absolute Gasteiger partial charge is 0.239 e. The third kappa shape index (κ3) is 9.06. The van der Waals surface area contributed by atoms with Gasteiger partial charge in [0.2, 0.25) is 11.7 Å². The molecule has 4 aliphatic rings. The van der Waals surface area contributed by atoms with E-state index in [1.165, 1.54) is 0 Å². The van der Waals surface area contributed by atoms with Crippen LogP contribution in [0.15, 0.2) is 133 Å². The summed E-state index contributed by atoms with van der Waals surface area (Å²) in [5.74, 6) is -0.210. The molecule has 2 N–H and O–H groups in total. The van der Waals surface area contributed by atoms with E-state index in [2.05, 4.69) is 61.7 Å². The quantitative estimate of drug-likeness (QED) is 0.0489. The number of allylic oxidation sites excluding steroid dienone is 1. The molecule has 6 atom stereocenters. The first kappa shape index (κ1) is 42.5. The van der Waals surface area contributed by atoms with Crippen molar-refractivity contribution in [1.82, 2.24) is 4.90 Å². The van der Waals surface area contributed by atoms with Crippen molar-refractivity contribution in [3.63, 3.8) is 0 Å². The Balaban J connectivity index is 1.34. The van der Waals surface area contributed by atoms with E-state index in [1.807, 2.05) is 53.4 Å². The van der Waals surface area contributed by atoms with Gasteiger partial charge >= 0.3 is 0 Å². The number of amides is 1. The van der Waals surface area contributed by atoms with E-state index in [1.54, 1.807) is 12.2 Å². The van der Waals surface area contributed by atoms with Crippen LogP contribution >= 0.6 is 0 Å². The highest BCUT2D eigenvalue weighted by Crippen LogP contribution is 2.62.